The first-order chi connectivity index (χ1) is 10.4. The molecule has 1 N–H and O–H groups in total. The van der Waals surface area contributed by atoms with E-state index < -0.39 is 0 Å². The van der Waals surface area contributed by atoms with Crippen LogP contribution in [0.5, 0.6) is 0 Å². The zero-order chi connectivity index (χ0) is 14.1. The summed E-state index contributed by atoms with van der Waals surface area (Å²) in [6.45, 7) is 5.86. The summed E-state index contributed by atoms with van der Waals surface area (Å²) in [5.74, 6) is 2.74. The fourth-order valence-corrected chi connectivity index (χ4v) is 4.92. The van der Waals surface area contributed by atoms with Gasteiger partial charge in [0, 0.05) is 38.3 Å². The van der Waals surface area contributed by atoms with E-state index in [0.717, 1.165) is 43.1 Å². The van der Waals surface area contributed by atoms with Crippen molar-refractivity contribution in [2.75, 3.05) is 32.8 Å². The highest BCUT2D eigenvalue weighted by molar-refractivity contribution is 4.97. The van der Waals surface area contributed by atoms with Crippen LogP contribution in [0, 0.1) is 17.8 Å². The Balaban J connectivity index is 1.41. The van der Waals surface area contributed by atoms with Crippen LogP contribution in [0.3, 0.4) is 0 Å². The lowest BCUT2D eigenvalue weighted by Crippen LogP contribution is -2.60. The molecule has 3 nitrogen and oxygen atoms in total. The summed E-state index contributed by atoms with van der Waals surface area (Å²) in [6.07, 6.45) is 11.6. The van der Waals surface area contributed by atoms with E-state index in [-0.39, 0.29) is 0 Å². The van der Waals surface area contributed by atoms with E-state index in [0.29, 0.717) is 0 Å². The SMILES string of the molecule is C1CCC(C2CNC(C3CC3)CN2CC2CCOC2)CC1. The molecule has 0 aromatic heterocycles. The number of hydrogen-bond donors (Lipinski definition) is 1. The van der Waals surface area contributed by atoms with Crippen molar-refractivity contribution in [3.05, 3.63) is 0 Å². The summed E-state index contributed by atoms with van der Waals surface area (Å²) in [6, 6.07) is 1.59. The standard InChI is InChI=1S/C18H32N2O/c1-2-4-16(5-3-1)18-10-19-17(15-6-7-15)12-20(18)11-14-8-9-21-13-14/h14-19H,1-13H2. The number of nitrogens with one attached hydrogen (secondary N) is 1. The normalized spacial score (nSPS) is 39.7. The Bertz CT molecular complexity index is 330. The van der Waals surface area contributed by atoms with Gasteiger partial charge in [0.25, 0.3) is 0 Å². The molecule has 4 aliphatic rings. The quantitative estimate of drug-likeness (QED) is 0.862. The van der Waals surface area contributed by atoms with Gasteiger partial charge in [-0.25, -0.2) is 0 Å². The third-order valence-corrected chi connectivity index (χ3v) is 6.39. The molecule has 0 spiro atoms. The van der Waals surface area contributed by atoms with Crippen LogP contribution in [0.25, 0.3) is 0 Å². The Morgan fingerprint density at radius 1 is 0.952 bits per heavy atom. The molecule has 3 heteroatoms. The van der Waals surface area contributed by atoms with Crippen LogP contribution in [0.1, 0.15) is 51.4 Å². The molecule has 2 saturated carbocycles. The Morgan fingerprint density at radius 2 is 1.81 bits per heavy atom. The molecule has 2 aliphatic carbocycles. The Kier molecular flexibility index (Phi) is 4.52. The average molecular weight is 292 g/mol. The third kappa shape index (κ3) is 3.46. The molecule has 0 amide bonds. The minimum Gasteiger partial charge on any atom is -0.381 e. The molecular formula is C18H32N2O. The van der Waals surface area contributed by atoms with Gasteiger partial charge < -0.3 is 10.1 Å². The summed E-state index contributed by atoms with van der Waals surface area (Å²) in [4.78, 5) is 2.88. The second-order valence-electron chi connectivity index (χ2n) is 8.00. The molecule has 2 aliphatic heterocycles. The van der Waals surface area contributed by atoms with Gasteiger partial charge in [-0.15, -0.1) is 0 Å². The van der Waals surface area contributed by atoms with Crippen molar-refractivity contribution in [2.45, 2.75) is 63.5 Å². The van der Waals surface area contributed by atoms with Gasteiger partial charge in [-0.3, -0.25) is 4.90 Å². The van der Waals surface area contributed by atoms with Crippen molar-refractivity contribution in [2.24, 2.45) is 17.8 Å². The predicted molar refractivity (Wildman–Crippen MR) is 85.4 cm³/mol. The minimum absolute atomic E-state index is 0.784. The van der Waals surface area contributed by atoms with Crippen molar-refractivity contribution < 1.29 is 4.74 Å². The Hall–Kier alpha value is -0.120. The summed E-state index contributed by atoms with van der Waals surface area (Å²) in [5, 5.41) is 3.91. The van der Waals surface area contributed by atoms with E-state index >= 15 is 0 Å². The number of piperazine rings is 1. The first-order valence-corrected chi connectivity index (χ1v) is 9.45. The van der Waals surface area contributed by atoms with E-state index in [1.54, 1.807) is 0 Å². The maximum absolute atomic E-state index is 5.62. The molecular weight excluding hydrogens is 260 g/mol. The average Bonchev–Trinajstić information content (AvgIpc) is 3.26. The van der Waals surface area contributed by atoms with Crippen LogP contribution in [0.15, 0.2) is 0 Å². The largest absolute Gasteiger partial charge is 0.381 e. The smallest absolute Gasteiger partial charge is 0.0507 e. The Labute approximate surface area is 129 Å². The van der Waals surface area contributed by atoms with E-state index in [1.807, 2.05) is 0 Å². The lowest BCUT2D eigenvalue weighted by molar-refractivity contribution is 0.0512. The maximum atomic E-state index is 5.62. The monoisotopic (exact) mass is 292 g/mol. The molecule has 0 aromatic carbocycles. The van der Waals surface area contributed by atoms with E-state index in [4.69, 9.17) is 4.74 Å². The molecule has 0 bridgehead atoms. The summed E-state index contributed by atoms with van der Waals surface area (Å²) < 4.78 is 5.62. The zero-order valence-corrected chi connectivity index (χ0v) is 13.4. The first-order valence-electron chi connectivity index (χ1n) is 9.45. The number of rotatable bonds is 4. The first kappa shape index (κ1) is 14.5. The van der Waals surface area contributed by atoms with Crippen LogP contribution < -0.4 is 5.32 Å². The highest BCUT2D eigenvalue weighted by Crippen LogP contribution is 2.37. The second kappa shape index (κ2) is 6.55. The van der Waals surface area contributed by atoms with Crippen LogP contribution in [0.4, 0.5) is 0 Å². The number of ether oxygens (including phenoxy) is 1. The molecule has 0 radical (unpaired) electrons. The van der Waals surface area contributed by atoms with Crippen LogP contribution in [-0.2, 0) is 4.74 Å². The van der Waals surface area contributed by atoms with Gasteiger partial charge in [-0.1, -0.05) is 19.3 Å². The van der Waals surface area contributed by atoms with Gasteiger partial charge in [0.05, 0.1) is 6.61 Å². The fraction of sp³-hybridized carbons (Fsp3) is 1.00. The van der Waals surface area contributed by atoms with Crippen molar-refractivity contribution in [1.82, 2.24) is 10.2 Å². The van der Waals surface area contributed by atoms with Crippen LogP contribution in [0.2, 0.25) is 0 Å². The highest BCUT2D eigenvalue weighted by Gasteiger charge is 2.40. The van der Waals surface area contributed by atoms with E-state index in [1.165, 1.54) is 71.0 Å². The van der Waals surface area contributed by atoms with E-state index in [9.17, 15) is 0 Å². The lowest BCUT2D eigenvalue weighted by Gasteiger charge is -2.46. The van der Waals surface area contributed by atoms with Crippen LogP contribution >= 0.6 is 0 Å². The van der Waals surface area contributed by atoms with Crippen molar-refractivity contribution in [3.8, 4) is 0 Å². The molecule has 4 fully saturated rings. The summed E-state index contributed by atoms with van der Waals surface area (Å²) in [7, 11) is 0. The molecule has 4 rings (SSSR count). The molecule has 3 unspecified atom stereocenters. The van der Waals surface area contributed by atoms with Gasteiger partial charge in [-0.2, -0.15) is 0 Å². The molecule has 2 heterocycles. The molecule has 120 valence electrons. The number of hydrogen-bond acceptors (Lipinski definition) is 3. The van der Waals surface area contributed by atoms with Crippen LogP contribution in [-0.4, -0.2) is 49.8 Å². The topological polar surface area (TPSA) is 24.5 Å². The van der Waals surface area contributed by atoms with Crippen molar-refractivity contribution >= 4 is 0 Å². The molecule has 21 heavy (non-hydrogen) atoms. The van der Waals surface area contributed by atoms with Gasteiger partial charge in [0.2, 0.25) is 0 Å². The van der Waals surface area contributed by atoms with Gasteiger partial charge >= 0.3 is 0 Å². The number of nitrogens with zero attached hydrogens (tertiary/aromatic N) is 1. The molecule has 2 saturated heterocycles. The second-order valence-corrected chi connectivity index (χ2v) is 8.00. The third-order valence-electron chi connectivity index (χ3n) is 6.39. The van der Waals surface area contributed by atoms with Crippen molar-refractivity contribution in [1.29, 1.82) is 0 Å². The lowest BCUT2D eigenvalue weighted by atomic mass is 9.81. The van der Waals surface area contributed by atoms with Gasteiger partial charge in [0.1, 0.15) is 0 Å². The highest BCUT2D eigenvalue weighted by atomic mass is 16.5. The van der Waals surface area contributed by atoms with Gasteiger partial charge in [0.15, 0.2) is 0 Å². The maximum Gasteiger partial charge on any atom is 0.0507 e. The van der Waals surface area contributed by atoms with Crippen molar-refractivity contribution in [3.63, 3.8) is 0 Å². The zero-order valence-electron chi connectivity index (χ0n) is 13.4. The summed E-state index contributed by atoms with van der Waals surface area (Å²) >= 11 is 0. The molecule has 3 atom stereocenters. The van der Waals surface area contributed by atoms with Gasteiger partial charge in [-0.05, 0) is 49.9 Å². The molecule has 0 aromatic rings. The van der Waals surface area contributed by atoms with E-state index in [2.05, 4.69) is 10.2 Å². The predicted octanol–water partition coefficient (Wildman–Crippen LogP) is 2.66. The summed E-state index contributed by atoms with van der Waals surface area (Å²) in [5.41, 5.74) is 0. The fourth-order valence-electron chi connectivity index (χ4n) is 4.92. The minimum atomic E-state index is 0.784. The Morgan fingerprint density at radius 3 is 2.52 bits per heavy atom.